The number of carbonyl (C=O) groups is 1. The van der Waals surface area contributed by atoms with Gasteiger partial charge in [0.15, 0.2) is 5.84 Å². The number of amidine groups is 1. The molecule has 1 amide bonds. The van der Waals surface area contributed by atoms with Gasteiger partial charge in [-0.1, -0.05) is 38.3 Å². The van der Waals surface area contributed by atoms with Crippen LogP contribution >= 0.6 is 0 Å². The van der Waals surface area contributed by atoms with Crippen LogP contribution in [0.3, 0.4) is 0 Å². The Morgan fingerprint density at radius 2 is 2.05 bits per heavy atom. The van der Waals surface area contributed by atoms with E-state index in [0.717, 1.165) is 25.7 Å². The van der Waals surface area contributed by atoms with Gasteiger partial charge in [-0.15, -0.1) is 0 Å². The number of carbonyl (C=O) groups excluding carboxylic acids is 1. The third-order valence-corrected chi connectivity index (χ3v) is 3.38. The van der Waals surface area contributed by atoms with Gasteiger partial charge in [-0.25, -0.2) is 4.79 Å². The van der Waals surface area contributed by atoms with E-state index in [2.05, 4.69) is 10.5 Å². The minimum atomic E-state index is -0.504. The van der Waals surface area contributed by atoms with Crippen molar-refractivity contribution in [3.8, 4) is 0 Å². The van der Waals surface area contributed by atoms with E-state index in [1.54, 1.807) is 0 Å². The first kappa shape index (κ1) is 15.6. The summed E-state index contributed by atoms with van der Waals surface area (Å²) in [6.07, 6.45) is 4.88. The standard InChI is InChI=1S/C13H25N3O3/c1-9(2)8-19-13(17)15-11(12(14)16-18)10-6-4-3-5-7-10/h9-11,18H,3-8H2,1-2H3,(H2,14,16)(H,15,17). The van der Waals surface area contributed by atoms with Crippen molar-refractivity contribution >= 4 is 11.9 Å². The van der Waals surface area contributed by atoms with Crippen molar-refractivity contribution in [2.45, 2.75) is 52.0 Å². The van der Waals surface area contributed by atoms with Crippen LogP contribution in [-0.4, -0.2) is 29.8 Å². The van der Waals surface area contributed by atoms with Crippen LogP contribution < -0.4 is 11.1 Å². The number of nitrogens with one attached hydrogen (secondary N) is 1. The molecule has 110 valence electrons. The second kappa shape index (κ2) is 7.86. The van der Waals surface area contributed by atoms with Crippen LogP contribution in [0.1, 0.15) is 46.0 Å². The molecule has 1 atom stereocenters. The van der Waals surface area contributed by atoms with Crippen molar-refractivity contribution < 1.29 is 14.7 Å². The monoisotopic (exact) mass is 271 g/mol. The Kier molecular flexibility index (Phi) is 6.45. The minimum Gasteiger partial charge on any atom is -0.449 e. The Labute approximate surface area is 114 Å². The van der Waals surface area contributed by atoms with Gasteiger partial charge >= 0.3 is 6.09 Å². The fourth-order valence-corrected chi connectivity index (χ4v) is 2.37. The quantitative estimate of drug-likeness (QED) is 0.308. The number of oxime groups is 1. The number of amides is 1. The second-order valence-electron chi connectivity index (χ2n) is 5.54. The van der Waals surface area contributed by atoms with Crippen molar-refractivity contribution in [2.24, 2.45) is 22.7 Å². The van der Waals surface area contributed by atoms with Gasteiger partial charge in [0.25, 0.3) is 0 Å². The Balaban J connectivity index is 2.56. The van der Waals surface area contributed by atoms with E-state index in [0.29, 0.717) is 6.61 Å². The highest BCUT2D eigenvalue weighted by molar-refractivity contribution is 5.88. The Bertz CT molecular complexity index is 312. The SMILES string of the molecule is CC(C)COC(=O)NC(/C(N)=N/O)C1CCCCC1. The fraction of sp³-hybridized carbons (Fsp3) is 0.846. The molecule has 1 unspecified atom stereocenters. The van der Waals surface area contributed by atoms with Crippen LogP contribution in [0.4, 0.5) is 4.79 Å². The van der Waals surface area contributed by atoms with E-state index in [4.69, 9.17) is 15.7 Å². The van der Waals surface area contributed by atoms with Gasteiger partial charge < -0.3 is 21.0 Å². The predicted molar refractivity (Wildman–Crippen MR) is 73.1 cm³/mol. The lowest BCUT2D eigenvalue weighted by molar-refractivity contribution is 0.127. The van der Waals surface area contributed by atoms with Gasteiger partial charge in [0.1, 0.15) is 0 Å². The molecular weight excluding hydrogens is 246 g/mol. The number of rotatable bonds is 5. The zero-order valence-electron chi connectivity index (χ0n) is 11.8. The molecule has 1 rings (SSSR count). The second-order valence-corrected chi connectivity index (χ2v) is 5.54. The lowest BCUT2D eigenvalue weighted by atomic mass is 9.83. The van der Waals surface area contributed by atoms with Crippen LogP contribution in [0.5, 0.6) is 0 Å². The molecule has 1 aliphatic rings. The van der Waals surface area contributed by atoms with Crippen LogP contribution in [0.25, 0.3) is 0 Å². The van der Waals surface area contributed by atoms with Gasteiger partial charge in [-0.2, -0.15) is 0 Å². The molecule has 6 nitrogen and oxygen atoms in total. The smallest absolute Gasteiger partial charge is 0.407 e. The molecule has 0 aliphatic heterocycles. The van der Waals surface area contributed by atoms with Crippen molar-refractivity contribution in [2.75, 3.05) is 6.61 Å². The normalized spacial score (nSPS) is 19.2. The van der Waals surface area contributed by atoms with Crippen LogP contribution in [0.2, 0.25) is 0 Å². The molecule has 0 bridgehead atoms. The Morgan fingerprint density at radius 3 is 2.58 bits per heavy atom. The third-order valence-electron chi connectivity index (χ3n) is 3.38. The van der Waals surface area contributed by atoms with E-state index in [-0.39, 0.29) is 17.7 Å². The maximum Gasteiger partial charge on any atom is 0.407 e. The van der Waals surface area contributed by atoms with E-state index >= 15 is 0 Å². The molecule has 0 aromatic carbocycles. The first-order valence-electron chi connectivity index (χ1n) is 6.95. The number of alkyl carbamates (subject to hydrolysis) is 1. The van der Waals surface area contributed by atoms with E-state index < -0.39 is 12.1 Å². The third kappa shape index (κ3) is 5.36. The molecule has 1 aliphatic carbocycles. The van der Waals surface area contributed by atoms with Crippen LogP contribution in [-0.2, 0) is 4.74 Å². The summed E-state index contributed by atoms with van der Waals surface area (Å²) in [5.74, 6) is 0.549. The van der Waals surface area contributed by atoms with Gasteiger partial charge in [0, 0.05) is 0 Å². The van der Waals surface area contributed by atoms with E-state index in [9.17, 15) is 4.79 Å². The first-order valence-corrected chi connectivity index (χ1v) is 6.95. The zero-order chi connectivity index (χ0) is 14.3. The largest absolute Gasteiger partial charge is 0.449 e. The number of nitrogens with zero attached hydrogens (tertiary/aromatic N) is 1. The van der Waals surface area contributed by atoms with Gasteiger partial charge in [0.2, 0.25) is 0 Å². The van der Waals surface area contributed by atoms with Crippen LogP contribution in [0, 0.1) is 11.8 Å². The summed E-state index contributed by atoms with van der Waals surface area (Å²) in [5, 5.41) is 14.6. The average molecular weight is 271 g/mol. The van der Waals surface area contributed by atoms with E-state index in [1.165, 1.54) is 6.42 Å². The number of hydrogen-bond donors (Lipinski definition) is 3. The van der Waals surface area contributed by atoms with Crippen molar-refractivity contribution in [3.63, 3.8) is 0 Å². The fourth-order valence-electron chi connectivity index (χ4n) is 2.37. The lowest BCUT2D eigenvalue weighted by Gasteiger charge is -2.29. The summed E-state index contributed by atoms with van der Waals surface area (Å²) in [7, 11) is 0. The molecule has 0 spiro atoms. The van der Waals surface area contributed by atoms with Gasteiger partial charge in [-0.05, 0) is 24.7 Å². The van der Waals surface area contributed by atoms with E-state index in [1.807, 2.05) is 13.8 Å². The summed E-state index contributed by atoms with van der Waals surface area (Å²) in [4.78, 5) is 11.7. The highest BCUT2D eigenvalue weighted by Crippen LogP contribution is 2.26. The predicted octanol–water partition coefficient (Wildman–Crippen LogP) is 2.06. The molecule has 1 fully saturated rings. The Morgan fingerprint density at radius 1 is 1.42 bits per heavy atom. The minimum absolute atomic E-state index is 0.0494. The lowest BCUT2D eigenvalue weighted by Crippen LogP contribution is -2.50. The summed E-state index contributed by atoms with van der Waals surface area (Å²) in [6.45, 7) is 4.30. The van der Waals surface area contributed by atoms with Crippen molar-refractivity contribution in [1.82, 2.24) is 5.32 Å². The Hall–Kier alpha value is -1.46. The molecule has 4 N–H and O–H groups in total. The summed E-state index contributed by atoms with van der Waals surface area (Å²) >= 11 is 0. The van der Waals surface area contributed by atoms with Crippen molar-refractivity contribution in [1.29, 1.82) is 0 Å². The molecular formula is C13H25N3O3. The van der Waals surface area contributed by atoms with Gasteiger partial charge in [0.05, 0.1) is 12.6 Å². The maximum absolute atomic E-state index is 11.7. The summed E-state index contributed by atoms with van der Waals surface area (Å²) in [5.41, 5.74) is 5.68. The number of hydrogen-bond acceptors (Lipinski definition) is 4. The van der Waals surface area contributed by atoms with Gasteiger partial charge in [-0.3, -0.25) is 0 Å². The molecule has 0 aromatic rings. The summed E-state index contributed by atoms with van der Waals surface area (Å²) in [6, 6.07) is -0.440. The molecule has 1 saturated carbocycles. The highest BCUT2D eigenvalue weighted by Gasteiger charge is 2.29. The van der Waals surface area contributed by atoms with Crippen molar-refractivity contribution in [3.05, 3.63) is 0 Å². The van der Waals surface area contributed by atoms with Crippen LogP contribution in [0.15, 0.2) is 5.16 Å². The molecule has 0 saturated heterocycles. The molecule has 0 heterocycles. The highest BCUT2D eigenvalue weighted by atomic mass is 16.5. The number of ether oxygens (including phenoxy) is 1. The molecule has 6 heteroatoms. The first-order chi connectivity index (χ1) is 9.04. The zero-order valence-corrected chi connectivity index (χ0v) is 11.8. The summed E-state index contributed by atoms with van der Waals surface area (Å²) < 4.78 is 5.08. The number of nitrogens with two attached hydrogens (primary N) is 1. The molecule has 0 radical (unpaired) electrons. The average Bonchev–Trinajstić information content (AvgIpc) is 2.42. The topological polar surface area (TPSA) is 96.9 Å². The molecule has 19 heavy (non-hydrogen) atoms. The molecule has 0 aromatic heterocycles. The maximum atomic E-state index is 11.7.